The fraction of sp³-hybridized carbons (Fsp3) is 0.714. The van der Waals surface area contributed by atoms with E-state index < -0.39 is 10.8 Å². The first-order chi connectivity index (χ1) is 6.61. The van der Waals surface area contributed by atoms with Crippen LogP contribution in [-0.4, -0.2) is 32.5 Å². The molecule has 7 heteroatoms. The molecule has 0 aromatic carbocycles. The maximum absolute atomic E-state index is 10.9. The van der Waals surface area contributed by atoms with E-state index in [1.807, 2.05) is 6.92 Å². The first-order valence-corrected chi connectivity index (χ1v) is 6.33. The van der Waals surface area contributed by atoms with E-state index in [1.54, 1.807) is 6.26 Å². The molecule has 1 N–H and O–H groups in total. The zero-order chi connectivity index (χ0) is 10.6. The van der Waals surface area contributed by atoms with Crippen LogP contribution in [0, 0.1) is 0 Å². The molecular weight excluding hydrogens is 226 g/mol. The second-order valence-corrected chi connectivity index (χ2v) is 4.67. The number of nitrogens with zero attached hydrogens (tertiary/aromatic N) is 2. The van der Waals surface area contributed by atoms with Crippen LogP contribution in [-0.2, 0) is 16.7 Å². The summed E-state index contributed by atoms with van der Waals surface area (Å²) < 4.78 is 16.0. The van der Waals surface area contributed by atoms with Crippen LogP contribution in [0.4, 0.5) is 6.01 Å². The third-order valence-corrected chi connectivity index (χ3v) is 2.63. The van der Waals surface area contributed by atoms with Crippen LogP contribution < -0.4 is 5.32 Å². The summed E-state index contributed by atoms with van der Waals surface area (Å²) in [5.74, 6) is 1.11. The van der Waals surface area contributed by atoms with Crippen molar-refractivity contribution in [1.82, 2.24) is 10.2 Å². The highest BCUT2D eigenvalue weighted by Gasteiger charge is 2.09. The average molecular weight is 238 g/mol. The summed E-state index contributed by atoms with van der Waals surface area (Å²) in [6, 6.07) is 0.350. The topological polar surface area (TPSA) is 68.0 Å². The van der Waals surface area contributed by atoms with E-state index in [4.69, 9.17) is 16.0 Å². The molecule has 0 fully saturated rings. The predicted molar refractivity (Wildman–Crippen MR) is 55.9 cm³/mol. The zero-order valence-electron chi connectivity index (χ0n) is 7.99. The van der Waals surface area contributed by atoms with Crippen molar-refractivity contribution in [2.75, 3.05) is 17.3 Å². The van der Waals surface area contributed by atoms with Crippen molar-refractivity contribution in [2.45, 2.75) is 18.8 Å². The lowest BCUT2D eigenvalue weighted by Crippen LogP contribution is -2.22. The SMILES string of the molecule is CC(CS(C)=O)Nc1nnc(CCl)o1. The van der Waals surface area contributed by atoms with Gasteiger partial charge in [0.1, 0.15) is 5.88 Å². The Kier molecular flexibility index (Phi) is 4.34. The van der Waals surface area contributed by atoms with Gasteiger partial charge in [-0.05, 0) is 6.92 Å². The lowest BCUT2D eigenvalue weighted by Gasteiger charge is -2.08. The van der Waals surface area contributed by atoms with Crippen molar-refractivity contribution < 1.29 is 8.63 Å². The summed E-state index contributed by atoms with van der Waals surface area (Å²) >= 11 is 5.49. The highest BCUT2D eigenvalue weighted by molar-refractivity contribution is 7.84. The number of nitrogens with one attached hydrogen (secondary N) is 1. The molecule has 0 radical (unpaired) electrons. The molecule has 5 nitrogen and oxygen atoms in total. The van der Waals surface area contributed by atoms with Crippen LogP contribution in [0.1, 0.15) is 12.8 Å². The molecule has 80 valence electrons. The minimum atomic E-state index is -0.843. The quantitative estimate of drug-likeness (QED) is 0.774. The number of hydrogen-bond acceptors (Lipinski definition) is 5. The van der Waals surface area contributed by atoms with Gasteiger partial charge in [-0.25, -0.2) is 0 Å². The highest BCUT2D eigenvalue weighted by atomic mass is 35.5. The second-order valence-electron chi connectivity index (χ2n) is 2.92. The van der Waals surface area contributed by atoms with Gasteiger partial charge in [0.15, 0.2) is 0 Å². The average Bonchev–Trinajstić information content (AvgIpc) is 2.50. The Morgan fingerprint density at radius 1 is 1.64 bits per heavy atom. The van der Waals surface area contributed by atoms with Gasteiger partial charge in [0.2, 0.25) is 5.89 Å². The van der Waals surface area contributed by atoms with Crippen LogP contribution in [0.5, 0.6) is 0 Å². The molecule has 1 aromatic heterocycles. The molecular formula is C7H12ClN3O2S. The Bertz CT molecular complexity index is 318. The van der Waals surface area contributed by atoms with E-state index in [0.29, 0.717) is 17.7 Å². The van der Waals surface area contributed by atoms with Gasteiger partial charge in [0, 0.05) is 28.9 Å². The monoisotopic (exact) mass is 237 g/mol. The van der Waals surface area contributed by atoms with Gasteiger partial charge in [0.05, 0.1) is 0 Å². The Balaban J connectivity index is 2.47. The fourth-order valence-electron chi connectivity index (χ4n) is 0.970. The number of aromatic nitrogens is 2. The van der Waals surface area contributed by atoms with Crippen molar-refractivity contribution in [1.29, 1.82) is 0 Å². The second kappa shape index (κ2) is 5.31. The molecule has 0 aliphatic carbocycles. The predicted octanol–water partition coefficient (Wildman–Crippen LogP) is 0.987. The highest BCUT2D eigenvalue weighted by Crippen LogP contribution is 2.08. The molecule has 0 aliphatic rings. The molecule has 2 atom stereocenters. The van der Waals surface area contributed by atoms with Gasteiger partial charge in [-0.3, -0.25) is 4.21 Å². The summed E-state index contributed by atoms with van der Waals surface area (Å²) in [6.45, 7) is 1.89. The zero-order valence-corrected chi connectivity index (χ0v) is 9.56. The molecule has 0 aliphatic heterocycles. The third kappa shape index (κ3) is 3.63. The Hall–Kier alpha value is -0.620. The molecule has 1 rings (SSSR count). The van der Waals surface area contributed by atoms with Gasteiger partial charge >= 0.3 is 6.01 Å². The standard InChI is InChI=1S/C7H12ClN3O2S/c1-5(4-14(2)12)9-7-11-10-6(3-8)13-7/h5H,3-4H2,1-2H3,(H,9,11). The molecule has 0 spiro atoms. The van der Waals surface area contributed by atoms with Crippen molar-refractivity contribution in [2.24, 2.45) is 0 Å². The van der Waals surface area contributed by atoms with Crippen LogP contribution >= 0.6 is 11.6 Å². The van der Waals surface area contributed by atoms with Crippen LogP contribution in [0.15, 0.2) is 4.42 Å². The maximum Gasteiger partial charge on any atom is 0.315 e. The lowest BCUT2D eigenvalue weighted by molar-refractivity contribution is 0.521. The molecule has 1 aromatic rings. The molecule has 1 heterocycles. The van der Waals surface area contributed by atoms with E-state index >= 15 is 0 Å². The van der Waals surface area contributed by atoms with E-state index in [9.17, 15) is 4.21 Å². The van der Waals surface area contributed by atoms with Crippen LogP contribution in [0.25, 0.3) is 0 Å². The molecule has 0 amide bonds. The van der Waals surface area contributed by atoms with Gasteiger partial charge < -0.3 is 9.73 Å². The molecule has 0 saturated carbocycles. The van der Waals surface area contributed by atoms with Gasteiger partial charge in [0.25, 0.3) is 0 Å². The minimum absolute atomic E-state index is 0.0319. The van der Waals surface area contributed by atoms with Gasteiger partial charge in [-0.2, -0.15) is 0 Å². The largest absolute Gasteiger partial charge is 0.407 e. The smallest absolute Gasteiger partial charge is 0.315 e. The Morgan fingerprint density at radius 3 is 2.86 bits per heavy atom. The number of hydrogen-bond donors (Lipinski definition) is 1. The van der Waals surface area contributed by atoms with Crippen molar-refractivity contribution in [3.63, 3.8) is 0 Å². The molecule has 14 heavy (non-hydrogen) atoms. The summed E-state index contributed by atoms with van der Waals surface area (Å²) in [7, 11) is -0.843. The van der Waals surface area contributed by atoms with Crippen LogP contribution in [0.2, 0.25) is 0 Å². The normalized spacial score (nSPS) is 15.1. The van der Waals surface area contributed by atoms with E-state index in [-0.39, 0.29) is 11.9 Å². The van der Waals surface area contributed by atoms with Gasteiger partial charge in [-0.1, -0.05) is 5.10 Å². The minimum Gasteiger partial charge on any atom is -0.407 e. The van der Waals surface area contributed by atoms with E-state index in [0.717, 1.165) is 0 Å². The van der Waals surface area contributed by atoms with Crippen molar-refractivity contribution >= 4 is 28.4 Å². The molecule has 0 bridgehead atoms. The fourth-order valence-corrected chi connectivity index (χ4v) is 1.87. The van der Waals surface area contributed by atoms with Crippen LogP contribution in [0.3, 0.4) is 0 Å². The summed E-state index contributed by atoms with van der Waals surface area (Å²) in [4.78, 5) is 0. The number of rotatable bonds is 5. The number of halogens is 1. The molecule has 2 unspecified atom stereocenters. The summed E-state index contributed by atoms with van der Waals surface area (Å²) in [6.07, 6.45) is 1.65. The van der Waals surface area contributed by atoms with Crippen molar-refractivity contribution in [3.05, 3.63) is 5.89 Å². The number of alkyl halides is 1. The first-order valence-electron chi connectivity index (χ1n) is 4.06. The van der Waals surface area contributed by atoms with Gasteiger partial charge in [-0.15, -0.1) is 16.7 Å². The Morgan fingerprint density at radius 2 is 2.36 bits per heavy atom. The molecule has 0 saturated heterocycles. The third-order valence-electron chi connectivity index (χ3n) is 1.44. The lowest BCUT2D eigenvalue weighted by atomic mass is 10.4. The first kappa shape index (κ1) is 11.5. The van der Waals surface area contributed by atoms with E-state index in [2.05, 4.69) is 15.5 Å². The summed E-state index contributed by atoms with van der Waals surface area (Å²) in [5, 5.41) is 10.3. The summed E-state index contributed by atoms with van der Waals surface area (Å²) in [5.41, 5.74) is 0. The van der Waals surface area contributed by atoms with Crippen molar-refractivity contribution in [3.8, 4) is 0 Å². The maximum atomic E-state index is 10.9. The van der Waals surface area contributed by atoms with E-state index in [1.165, 1.54) is 0 Å². The number of anilines is 1. The Labute approximate surface area is 89.7 Å².